The molecule has 5 heteroatoms. The first-order chi connectivity index (χ1) is 5.25. The molecule has 1 fully saturated rings. The molecule has 1 aliphatic heterocycles. The molecule has 1 N–H and O–H groups in total. The molecule has 11 heavy (non-hydrogen) atoms. The Labute approximate surface area is 67.9 Å². The number of rotatable bonds is 0. The number of piperidine rings is 1. The highest BCUT2D eigenvalue weighted by molar-refractivity contribution is 7.66. The summed E-state index contributed by atoms with van der Waals surface area (Å²) in [6.45, 7) is 0.472. The summed E-state index contributed by atoms with van der Waals surface area (Å²) in [5, 5.41) is 8.59. The van der Waals surface area contributed by atoms with E-state index < -0.39 is 6.09 Å². The Kier molecular flexibility index (Phi) is 2.64. The van der Waals surface area contributed by atoms with Crippen LogP contribution in [0.3, 0.4) is 0 Å². The number of carbonyl (C=O) groups is 1. The van der Waals surface area contributed by atoms with Crippen LogP contribution in [0.4, 0.5) is 4.79 Å². The minimum atomic E-state index is -1.01. The molecule has 0 radical (unpaired) electrons. The van der Waals surface area contributed by atoms with E-state index in [1.807, 2.05) is 0 Å². The lowest BCUT2D eigenvalue weighted by atomic mass is 10.1. The average molecular weight is 175 g/mol. The summed E-state index contributed by atoms with van der Waals surface area (Å²) in [7, 11) is 0. The zero-order valence-corrected chi connectivity index (χ0v) is 6.76. The number of amides is 1. The third-order valence-corrected chi connectivity index (χ3v) is 2.27. The van der Waals surface area contributed by atoms with E-state index in [0.717, 1.165) is 17.7 Å². The van der Waals surface area contributed by atoms with Crippen LogP contribution in [0.1, 0.15) is 19.3 Å². The highest BCUT2D eigenvalue weighted by Crippen LogP contribution is 2.10. The van der Waals surface area contributed by atoms with E-state index >= 15 is 0 Å². The number of hydrogen-bond acceptors (Lipinski definition) is 2. The molecular weight excluding hydrogens is 166 g/mol. The maximum atomic E-state index is 10.5. The summed E-state index contributed by atoms with van der Waals surface area (Å²) in [5.74, 6) is 0. The van der Waals surface area contributed by atoms with Gasteiger partial charge in [0.15, 0.2) is 0 Å². The molecule has 4 nitrogen and oxygen atoms in total. The third-order valence-electron chi connectivity index (χ3n) is 1.65. The van der Waals surface area contributed by atoms with Crippen LogP contribution < -0.4 is 0 Å². The minimum absolute atomic E-state index is 0.294. The second kappa shape index (κ2) is 3.52. The summed E-state index contributed by atoms with van der Waals surface area (Å²) >= 11 is 0.294. The first-order valence-corrected chi connectivity index (χ1v) is 4.16. The molecule has 1 amide bonds. The van der Waals surface area contributed by atoms with Crippen molar-refractivity contribution in [1.82, 2.24) is 4.90 Å². The molecule has 0 unspecified atom stereocenters. The Morgan fingerprint density at radius 1 is 1.55 bits per heavy atom. The van der Waals surface area contributed by atoms with Gasteiger partial charge in [-0.05, 0) is 12.8 Å². The van der Waals surface area contributed by atoms with E-state index in [2.05, 4.69) is 0 Å². The van der Waals surface area contributed by atoms with Gasteiger partial charge in [0.2, 0.25) is 0 Å². The number of carboxylic acid groups (broad SMARTS) is 1. The number of likely N-dealkylation sites (tertiary alicyclic amines) is 1. The van der Waals surface area contributed by atoms with Gasteiger partial charge in [0, 0.05) is 13.0 Å². The second-order valence-electron chi connectivity index (χ2n) is 2.37. The van der Waals surface area contributed by atoms with Gasteiger partial charge in [-0.1, -0.05) is 0 Å². The summed E-state index contributed by atoms with van der Waals surface area (Å²) in [4.78, 5) is 12.1. The summed E-state index contributed by atoms with van der Waals surface area (Å²) in [5.41, 5.74) is 0. The van der Waals surface area contributed by atoms with Gasteiger partial charge in [-0.25, -0.2) is 9.00 Å². The first-order valence-electron chi connectivity index (χ1n) is 3.42. The Bertz CT molecular complexity index is 222. The smallest absolute Gasteiger partial charge is 0.412 e. The Hall–Kier alpha value is -0.840. The standard InChI is InChI=1S/C6H9NO3S/c8-6(9)7-4-2-1-3-5(7)11-10/h1-4H2,(H,8,9). The van der Waals surface area contributed by atoms with E-state index in [-0.39, 0.29) is 0 Å². The zero-order chi connectivity index (χ0) is 8.27. The van der Waals surface area contributed by atoms with E-state index in [4.69, 9.17) is 5.11 Å². The van der Waals surface area contributed by atoms with Gasteiger partial charge in [-0.3, -0.25) is 4.90 Å². The van der Waals surface area contributed by atoms with Crippen molar-refractivity contribution in [2.45, 2.75) is 19.3 Å². The molecule has 1 heterocycles. The van der Waals surface area contributed by atoms with E-state index in [1.165, 1.54) is 0 Å². The predicted molar refractivity (Wildman–Crippen MR) is 41.7 cm³/mol. The molecule has 0 saturated carbocycles. The van der Waals surface area contributed by atoms with Crippen molar-refractivity contribution in [3.05, 3.63) is 0 Å². The molecule has 0 aliphatic carbocycles. The monoisotopic (exact) mass is 175 g/mol. The van der Waals surface area contributed by atoms with Crippen molar-refractivity contribution in [3.63, 3.8) is 0 Å². The van der Waals surface area contributed by atoms with Crippen LogP contribution in [0.5, 0.6) is 0 Å². The summed E-state index contributed by atoms with van der Waals surface area (Å²) < 4.78 is 10.4. The molecule has 0 atom stereocenters. The Morgan fingerprint density at radius 2 is 2.27 bits per heavy atom. The summed E-state index contributed by atoms with van der Waals surface area (Å²) in [6.07, 6.45) is 1.38. The SMILES string of the molecule is O=S=C1CCCCN1C(=O)O. The Morgan fingerprint density at radius 3 is 2.73 bits per heavy atom. The minimum Gasteiger partial charge on any atom is -0.465 e. The first kappa shape index (κ1) is 8.26. The van der Waals surface area contributed by atoms with Crippen molar-refractivity contribution < 1.29 is 14.1 Å². The third kappa shape index (κ3) is 1.80. The van der Waals surface area contributed by atoms with Crippen molar-refractivity contribution in [1.29, 1.82) is 0 Å². The molecule has 0 aromatic rings. The van der Waals surface area contributed by atoms with Crippen LogP contribution in [-0.4, -0.2) is 31.8 Å². The van der Waals surface area contributed by atoms with Crippen LogP contribution >= 0.6 is 0 Å². The quantitative estimate of drug-likeness (QED) is 0.545. The second-order valence-corrected chi connectivity index (χ2v) is 3.01. The van der Waals surface area contributed by atoms with Crippen molar-refractivity contribution >= 4 is 22.3 Å². The lowest BCUT2D eigenvalue weighted by Crippen LogP contribution is -2.39. The van der Waals surface area contributed by atoms with Gasteiger partial charge in [0.25, 0.3) is 0 Å². The van der Waals surface area contributed by atoms with Gasteiger partial charge in [0.1, 0.15) is 16.2 Å². The molecule has 0 spiro atoms. The highest BCUT2D eigenvalue weighted by Gasteiger charge is 2.21. The fraction of sp³-hybridized carbons (Fsp3) is 0.667. The van der Waals surface area contributed by atoms with Gasteiger partial charge in [0.05, 0.1) is 0 Å². The van der Waals surface area contributed by atoms with Gasteiger partial charge in [-0.2, -0.15) is 0 Å². The van der Waals surface area contributed by atoms with Gasteiger partial charge >= 0.3 is 6.09 Å². The van der Waals surface area contributed by atoms with Crippen LogP contribution in [0.25, 0.3) is 0 Å². The molecule has 1 aliphatic rings. The Balaban J connectivity index is 2.75. The summed E-state index contributed by atoms with van der Waals surface area (Å²) in [6, 6.07) is 0. The van der Waals surface area contributed by atoms with E-state index in [1.54, 1.807) is 0 Å². The van der Waals surface area contributed by atoms with Crippen LogP contribution in [-0.2, 0) is 11.3 Å². The van der Waals surface area contributed by atoms with Crippen molar-refractivity contribution in [2.75, 3.05) is 6.54 Å². The topological polar surface area (TPSA) is 57.6 Å². The normalized spacial score (nSPS) is 18.2. The largest absolute Gasteiger partial charge is 0.465 e. The predicted octanol–water partition coefficient (Wildman–Crippen LogP) is 0.493. The van der Waals surface area contributed by atoms with Crippen LogP contribution in [0.15, 0.2) is 0 Å². The zero-order valence-electron chi connectivity index (χ0n) is 5.95. The fourth-order valence-corrected chi connectivity index (χ4v) is 1.58. The lowest BCUT2D eigenvalue weighted by molar-refractivity contribution is 0.166. The number of nitrogens with zero attached hydrogens (tertiary/aromatic N) is 1. The molecule has 1 saturated heterocycles. The van der Waals surface area contributed by atoms with Gasteiger partial charge in [-0.15, -0.1) is 0 Å². The molecular formula is C6H9NO3S. The number of hydrogen-bond donors (Lipinski definition) is 1. The molecule has 0 aromatic carbocycles. The molecule has 1 rings (SSSR count). The van der Waals surface area contributed by atoms with Crippen LogP contribution in [0, 0.1) is 0 Å². The molecule has 62 valence electrons. The van der Waals surface area contributed by atoms with Gasteiger partial charge < -0.3 is 5.11 Å². The van der Waals surface area contributed by atoms with Crippen LogP contribution in [0.2, 0.25) is 0 Å². The maximum Gasteiger partial charge on any atom is 0.412 e. The van der Waals surface area contributed by atoms with Crippen molar-refractivity contribution in [2.24, 2.45) is 0 Å². The lowest BCUT2D eigenvalue weighted by Gasteiger charge is -2.23. The fourth-order valence-electron chi connectivity index (χ4n) is 1.09. The van der Waals surface area contributed by atoms with Crippen molar-refractivity contribution in [3.8, 4) is 0 Å². The molecule has 0 aromatic heterocycles. The highest BCUT2D eigenvalue weighted by atomic mass is 32.1. The maximum absolute atomic E-state index is 10.5. The van der Waals surface area contributed by atoms with E-state index in [0.29, 0.717) is 29.2 Å². The average Bonchev–Trinajstić information content (AvgIpc) is 2.04. The van der Waals surface area contributed by atoms with E-state index in [9.17, 15) is 9.00 Å². The molecule has 0 bridgehead atoms.